The molecule has 0 saturated carbocycles. The van der Waals surface area contributed by atoms with Crippen LogP contribution in [0.3, 0.4) is 0 Å². The van der Waals surface area contributed by atoms with Gasteiger partial charge in [0.25, 0.3) is 0 Å². The zero-order valence-corrected chi connectivity index (χ0v) is 38.8. The molecule has 3 aromatic carbocycles. The van der Waals surface area contributed by atoms with E-state index in [-0.39, 0.29) is 34.6 Å². The normalized spacial score (nSPS) is 12.2. The van der Waals surface area contributed by atoms with Gasteiger partial charge in [0, 0.05) is 0 Å². The molecule has 0 atom stereocenters. The minimum Gasteiger partial charge on any atom is -0.872 e. The molecule has 0 unspecified atom stereocenters. The van der Waals surface area contributed by atoms with Crippen LogP contribution in [-0.2, 0) is 60.7 Å². The molecule has 0 amide bonds. The summed E-state index contributed by atoms with van der Waals surface area (Å²) in [5.41, 5.74) is -33.2. The second-order valence-corrected chi connectivity index (χ2v) is 18.4. The summed E-state index contributed by atoms with van der Waals surface area (Å²) in [6, 6.07) is 14.6. The average Bonchev–Trinajstić information content (AvgIpc) is 3.05. The van der Waals surface area contributed by atoms with Crippen LogP contribution in [0.15, 0.2) is 72.8 Å². The molecule has 0 saturated heterocycles. The molecule has 0 aliphatic carbocycles. The average molecular weight is 1260 g/mol. The SMILES string of the molecule is O=S(=O)(O)C(F)(F)F.O=S(=O)(O)C(F)(F)F.O=S(=O)(O)C(F)(F)F.O=S(=O)(O)C(F)(F)F.O=S(=O)(O)C(F)(F)F.O=S(=O)(O)C(F)(F)F.[Al+3].[O-]c1cccc(F)c1.[O-]c1cccc(F)c1.[O-]c1cccc(F)c1. The van der Waals surface area contributed by atoms with E-state index in [9.17, 15) is 108 Å². The fourth-order valence-corrected chi connectivity index (χ4v) is 1.40. The Balaban J connectivity index is -0.000000134. The van der Waals surface area contributed by atoms with Gasteiger partial charge in [-0.25, -0.2) is 13.2 Å². The fraction of sp³-hybridized carbons (Fsp3) is 0.250. The molecule has 0 spiro atoms. The first-order chi connectivity index (χ1) is 30.9. The number of alkyl halides is 18. The van der Waals surface area contributed by atoms with Crippen LogP contribution in [-0.4, -0.2) is 128 Å². The topological polar surface area (TPSA) is 395 Å². The van der Waals surface area contributed by atoms with Crippen molar-refractivity contribution in [2.24, 2.45) is 0 Å². The molecule has 3 rings (SSSR count). The van der Waals surface area contributed by atoms with E-state index in [0.29, 0.717) is 0 Å². The summed E-state index contributed by atoms with van der Waals surface area (Å²) in [4.78, 5) is 0. The van der Waals surface area contributed by atoms with Crippen LogP contribution in [0.5, 0.6) is 17.2 Å². The Kier molecular flexibility index (Phi) is 35.6. The molecule has 0 aliphatic heterocycles. The molecular formula is C24H18AlF21O21S6. The van der Waals surface area contributed by atoms with E-state index in [0.717, 1.165) is 18.2 Å². The monoisotopic (exact) mass is 1260 g/mol. The summed E-state index contributed by atoms with van der Waals surface area (Å²) in [5.74, 6) is -2.28. The van der Waals surface area contributed by atoms with Crippen molar-refractivity contribution in [1.82, 2.24) is 0 Å². The molecule has 73 heavy (non-hydrogen) atoms. The first-order valence-electron chi connectivity index (χ1n) is 14.4. The largest absolute Gasteiger partial charge is 3.00 e. The molecule has 0 radical (unpaired) electrons. The van der Waals surface area contributed by atoms with E-state index in [1.807, 2.05) is 0 Å². The van der Waals surface area contributed by atoms with Gasteiger partial charge in [-0.3, -0.25) is 27.3 Å². The Morgan fingerprint density at radius 3 is 0.425 bits per heavy atom. The van der Waals surface area contributed by atoms with E-state index in [2.05, 4.69) is 0 Å². The molecule has 0 bridgehead atoms. The van der Waals surface area contributed by atoms with Crippen molar-refractivity contribution in [3.63, 3.8) is 0 Å². The fourth-order valence-electron chi connectivity index (χ4n) is 1.40. The molecule has 0 aromatic heterocycles. The van der Waals surface area contributed by atoms with Crippen LogP contribution in [0, 0.1) is 17.5 Å². The third-order valence-corrected chi connectivity index (χ3v) is 7.65. The van der Waals surface area contributed by atoms with Crippen molar-refractivity contribution in [2.75, 3.05) is 0 Å². The Labute approximate surface area is 402 Å². The molecule has 3 aromatic rings. The van der Waals surface area contributed by atoms with Crippen molar-refractivity contribution in [3.05, 3.63) is 90.2 Å². The number of halogens is 21. The smallest absolute Gasteiger partial charge is 0.872 e. The molecule has 0 heterocycles. The molecule has 49 heteroatoms. The summed E-state index contributed by atoms with van der Waals surface area (Å²) in [6.07, 6.45) is 0. The first kappa shape index (κ1) is 82.6. The number of rotatable bonds is 0. The number of hydrogen-bond donors (Lipinski definition) is 6. The van der Waals surface area contributed by atoms with Gasteiger partial charge in [-0.1, -0.05) is 36.4 Å². The number of benzene rings is 3. The quantitative estimate of drug-likeness (QED) is 0.0770. The van der Waals surface area contributed by atoms with E-state index >= 15 is 0 Å². The molecule has 21 nitrogen and oxygen atoms in total. The van der Waals surface area contributed by atoms with Crippen LogP contribution in [0.2, 0.25) is 0 Å². The Hall–Kier alpha value is -4.42. The van der Waals surface area contributed by atoms with Crippen LogP contribution in [0.4, 0.5) is 92.2 Å². The zero-order valence-electron chi connectivity index (χ0n) is 32.7. The van der Waals surface area contributed by atoms with E-state index in [4.69, 9.17) is 77.8 Å². The molecule has 6 N–H and O–H groups in total. The van der Waals surface area contributed by atoms with E-state index in [1.165, 1.54) is 54.6 Å². The Morgan fingerprint density at radius 1 is 0.288 bits per heavy atom. The van der Waals surface area contributed by atoms with Crippen molar-refractivity contribution in [2.45, 2.75) is 33.0 Å². The standard InChI is InChI=1S/3C6H5FO.6CHF3O3S.Al/c3*7-5-2-1-3-6(8)4-5;6*2-1(3,4)8(5,6)7;/h3*1-4,8H;6*(H,5,6,7);/q;;;;;;;;;+3/p-3. The molecular weight excluding hydrogens is 1240 g/mol. The minimum absolute atomic E-state index is 0. The van der Waals surface area contributed by atoms with Gasteiger partial charge in [0.05, 0.1) is 0 Å². The van der Waals surface area contributed by atoms with Gasteiger partial charge in [-0.05, 0) is 36.4 Å². The van der Waals surface area contributed by atoms with E-state index in [1.54, 1.807) is 0 Å². The van der Waals surface area contributed by atoms with Gasteiger partial charge in [-0.15, -0.1) is 17.2 Å². The van der Waals surface area contributed by atoms with E-state index < -0.39 is 111 Å². The molecule has 426 valence electrons. The van der Waals surface area contributed by atoms with Gasteiger partial charge >= 0.3 is 111 Å². The predicted molar refractivity (Wildman–Crippen MR) is 189 cm³/mol. The first-order valence-corrected chi connectivity index (χ1v) is 23.0. The van der Waals surface area contributed by atoms with Gasteiger partial charge < -0.3 is 15.3 Å². The molecule has 0 aliphatic rings. The van der Waals surface area contributed by atoms with Crippen molar-refractivity contribution in [1.29, 1.82) is 0 Å². The van der Waals surface area contributed by atoms with Crippen LogP contribution >= 0.6 is 0 Å². The van der Waals surface area contributed by atoms with Gasteiger partial charge in [-0.2, -0.15) is 130 Å². The summed E-state index contributed by atoms with van der Waals surface area (Å²) in [7, 11) is -35.0. The van der Waals surface area contributed by atoms with Crippen LogP contribution < -0.4 is 15.3 Å². The van der Waals surface area contributed by atoms with Crippen LogP contribution in [0.1, 0.15) is 0 Å². The maximum atomic E-state index is 12.0. The van der Waals surface area contributed by atoms with Gasteiger partial charge in [0.1, 0.15) is 17.5 Å². The maximum Gasteiger partial charge on any atom is 3.00 e. The maximum absolute atomic E-state index is 12.0. The summed E-state index contributed by atoms with van der Waals surface area (Å²) < 4.78 is 381. The predicted octanol–water partition coefficient (Wildman–Crippen LogP) is 4.68. The summed E-state index contributed by atoms with van der Waals surface area (Å²) in [6.45, 7) is 0. The Morgan fingerprint density at radius 2 is 0.384 bits per heavy atom. The van der Waals surface area contributed by atoms with Crippen molar-refractivity contribution < 1.29 is 185 Å². The Bertz CT molecular complexity index is 2300. The van der Waals surface area contributed by atoms with Gasteiger partial charge in [0.2, 0.25) is 0 Å². The third kappa shape index (κ3) is 45.9. The minimum atomic E-state index is -5.84. The van der Waals surface area contributed by atoms with Crippen LogP contribution in [0.25, 0.3) is 0 Å². The van der Waals surface area contributed by atoms with Crippen molar-refractivity contribution >= 4 is 78.1 Å². The summed E-state index contributed by atoms with van der Waals surface area (Å²) >= 11 is 0. The molecule has 0 fully saturated rings. The zero-order chi connectivity index (χ0) is 59.9. The van der Waals surface area contributed by atoms with Crippen molar-refractivity contribution in [3.8, 4) is 17.2 Å². The van der Waals surface area contributed by atoms with Gasteiger partial charge in [0.15, 0.2) is 0 Å². The second kappa shape index (κ2) is 31.5. The second-order valence-electron chi connectivity index (χ2n) is 9.90. The third-order valence-electron chi connectivity index (χ3n) is 4.14. The summed E-state index contributed by atoms with van der Waals surface area (Å²) in [5, 5.41) is 30.8. The number of hydrogen-bond acceptors (Lipinski definition) is 15.